The Kier molecular flexibility index (Phi) is 5.76. The third-order valence-electron chi connectivity index (χ3n) is 3.84. The number of carbonyl (C=O) groups is 1. The molecule has 1 aromatic rings. The van der Waals surface area contributed by atoms with Crippen LogP contribution in [0.2, 0.25) is 0 Å². The number of nitrogens with one attached hydrogen (secondary N) is 2. The van der Waals surface area contributed by atoms with Gasteiger partial charge < -0.3 is 15.5 Å². The van der Waals surface area contributed by atoms with Crippen LogP contribution < -0.4 is 16.5 Å². The SMILES string of the molecule is Cc1c(C(=O)NCCC(C)C)oc2c1/C(=N/NC(N)=S)CCC2. The zero-order valence-corrected chi connectivity index (χ0v) is 14.7. The number of hydrazone groups is 1. The van der Waals surface area contributed by atoms with E-state index >= 15 is 0 Å². The van der Waals surface area contributed by atoms with Crippen molar-refractivity contribution in [3.63, 3.8) is 0 Å². The summed E-state index contributed by atoms with van der Waals surface area (Å²) in [5.41, 5.74) is 10.6. The van der Waals surface area contributed by atoms with Crippen molar-refractivity contribution in [2.45, 2.75) is 46.5 Å². The van der Waals surface area contributed by atoms with Crippen molar-refractivity contribution < 1.29 is 9.21 Å². The minimum atomic E-state index is -0.167. The molecule has 0 saturated heterocycles. The summed E-state index contributed by atoms with van der Waals surface area (Å²) >= 11 is 4.78. The molecular weight excluding hydrogens is 312 g/mol. The Morgan fingerprint density at radius 3 is 2.83 bits per heavy atom. The molecule has 0 radical (unpaired) electrons. The van der Waals surface area contributed by atoms with Gasteiger partial charge in [0.2, 0.25) is 0 Å². The summed E-state index contributed by atoms with van der Waals surface area (Å²) in [5.74, 6) is 1.57. The van der Waals surface area contributed by atoms with Crippen LogP contribution in [-0.4, -0.2) is 23.3 Å². The molecule has 1 aliphatic rings. The summed E-state index contributed by atoms with van der Waals surface area (Å²) in [5, 5.41) is 7.29. The van der Waals surface area contributed by atoms with Gasteiger partial charge in [-0.25, -0.2) is 0 Å². The molecule has 0 saturated carbocycles. The van der Waals surface area contributed by atoms with E-state index in [4.69, 9.17) is 22.4 Å². The van der Waals surface area contributed by atoms with Crippen LogP contribution in [0.25, 0.3) is 0 Å². The lowest BCUT2D eigenvalue weighted by atomic mass is 9.93. The van der Waals surface area contributed by atoms with Crippen molar-refractivity contribution in [2.24, 2.45) is 16.8 Å². The highest BCUT2D eigenvalue weighted by Gasteiger charge is 2.27. The summed E-state index contributed by atoms with van der Waals surface area (Å²) in [7, 11) is 0. The van der Waals surface area contributed by atoms with Crippen molar-refractivity contribution in [3.8, 4) is 0 Å². The number of nitrogens with zero attached hydrogens (tertiary/aromatic N) is 1. The second-order valence-electron chi connectivity index (χ2n) is 6.18. The fraction of sp³-hybridized carbons (Fsp3) is 0.562. The van der Waals surface area contributed by atoms with Crippen molar-refractivity contribution in [3.05, 3.63) is 22.6 Å². The number of thiocarbonyl (C=S) groups is 1. The number of aryl methyl sites for hydroxylation is 1. The van der Waals surface area contributed by atoms with Gasteiger partial charge in [-0.2, -0.15) is 5.10 Å². The topological polar surface area (TPSA) is 92.6 Å². The maximum absolute atomic E-state index is 12.3. The molecule has 1 heterocycles. The summed E-state index contributed by atoms with van der Waals surface area (Å²) in [6.45, 7) is 6.79. The minimum absolute atomic E-state index is 0.123. The number of fused-ring (bicyclic) bond motifs is 1. The zero-order valence-electron chi connectivity index (χ0n) is 13.9. The highest BCUT2D eigenvalue weighted by Crippen LogP contribution is 2.29. The molecular formula is C16H24N4O2S. The van der Waals surface area contributed by atoms with E-state index in [2.05, 4.69) is 29.7 Å². The van der Waals surface area contributed by atoms with Gasteiger partial charge in [-0.1, -0.05) is 13.8 Å². The van der Waals surface area contributed by atoms with E-state index in [1.807, 2.05) is 6.92 Å². The Hall–Kier alpha value is -1.89. The van der Waals surface area contributed by atoms with Crippen LogP contribution in [0.5, 0.6) is 0 Å². The summed E-state index contributed by atoms with van der Waals surface area (Å²) < 4.78 is 5.81. The maximum atomic E-state index is 12.3. The van der Waals surface area contributed by atoms with Gasteiger partial charge in [0.05, 0.1) is 5.71 Å². The molecule has 23 heavy (non-hydrogen) atoms. The highest BCUT2D eigenvalue weighted by atomic mass is 32.1. The number of rotatable bonds is 5. The van der Waals surface area contributed by atoms with E-state index < -0.39 is 0 Å². The van der Waals surface area contributed by atoms with Crippen molar-refractivity contribution >= 4 is 28.9 Å². The van der Waals surface area contributed by atoms with E-state index in [0.29, 0.717) is 18.2 Å². The van der Waals surface area contributed by atoms with Gasteiger partial charge >= 0.3 is 0 Å². The lowest BCUT2D eigenvalue weighted by Gasteiger charge is -2.13. The smallest absolute Gasteiger partial charge is 0.287 e. The van der Waals surface area contributed by atoms with Crippen LogP contribution in [0, 0.1) is 12.8 Å². The largest absolute Gasteiger partial charge is 0.455 e. The maximum Gasteiger partial charge on any atom is 0.287 e. The van der Waals surface area contributed by atoms with Gasteiger partial charge in [-0.05, 0) is 44.3 Å². The van der Waals surface area contributed by atoms with Crippen molar-refractivity contribution in [1.82, 2.24) is 10.7 Å². The standard InChI is InChI=1S/C16H24N4O2S/c1-9(2)7-8-18-15(21)14-10(3)13-11(19-20-16(17)23)5-4-6-12(13)22-14/h9H,4-8H2,1-3H3,(H,18,21)(H3,17,20,23)/b19-11+. The molecule has 1 amide bonds. The number of carbonyl (C=O) groups excluding carboxylic acids is 1. The molecule has 4 N–H and O–H groups in total. The molecule has 0 fully saturated rings. The molecule has 0 atom stereocenters. The number of nitrogens with two attached hydrogens (primary N) is 1. The van der Waals surface area contributed by atoms with Crippen LogP contribution in [0.15, 0.2) is 9.52 Å². The van der Waals surface area contributed by atoms with Crippen LogP contribution in [0.1, 0.15) is 60.6 Å². The van der Waals surface area contributed by atoms with Gasteiger partial charge in [0.1, 0.15) is 5.76 Å². The molecule has 0 unspecified atom stereocenters. The molecule has 1 aliphatic carbocycles. The number of amides is 1. The Bertz CT molecular complexity index is 634. The fourth-order valence-corrected chi connectivity index (χ4v) is 2.72. The van der Waals surface area contributed by atoms with Crippen molar-refractivity contribution in [2.75, 3.05) is 6.54 Å². The van der Waals surface area contributed by atoms with Crippen LogP contribution in [0.3, 0.4) is 0 Å². The summed E-state index contributed by atoms with van der Waals surface area (Å²) in [6, 6.07) is 0. The number of hydrogen-bond donors (Lipinski definition) is 3. The Balaban J connectivity index is 2.20. The number of furan rings is 1. The predicted molar refractivity (Wildman–Crippen MR) is 94.6 cm³/mol. The first-order valence-corrected chi connectivity index (χ1v) is 8.33. The Labute approximate surface area is 141 Å². The molecule has 0 bridgehead atoms. The van der Waals surface area contributed by atoms with E-state index in [0.717, 1.165) is 48.3 Å². The van der Waals surface area contributed by atoms with Gasteiger partial charge in [0.15, 0.2) is 10.9 Å². The molecule has 6 nitrogen and oxygen atoms in total. The molecule has 0 spiro atoms. The first-order chi connectivity index (χ1) is 10.9. The van der Waals surface area contributed by atoms with Gasteiger partial charge in [-0.3, -0.25) is 10.2 Å². The van der Waals surface area contributed by atoms with E-state index in [9.17, 15) is 4.79 Å². The zero-order chi connectivity index (χ0) is 17.0. The van der Waals surface area contributed by atoms with Crippen molar-refractivity contribution in [1.29, 1.82) is 0 Å². The third kappa shape index (κ3) is 4.31. The van der Waals surface area contributed by atoms with E-state index in [1.54, 1.807) is 0 Å². The van der Waals surface area contributed by atoms with Gasteiger partial charge in [-0.15, -0.1) is 0 Å². The average Bonchev–Trinajstić information content (AvgIpc) is 2.82. The first-order valence-electron chi connectivity index (χ1n) is 7.93. The molecule has 1 aromatic heterocycles. The fourth-order valence-electron chi connectivity index (χ4n) is 2.67. The average molecular weight is 336 g/mol. The van der Waals surface area contributed by atoms with Gasteiger partial charge in [0.25, 0.3) is 5.91 Å². The highest BCUT2D eigenvalue weighted by molar-refractivity contribution is 7.80. The lowest BCUT2D eigenvalue weighted by molar-refractivity contribution is 0.0921. The first kappa shape index (κ1) is 17.5. The summed E-state index contributed by atoms with van der Waals surface area (Å²) in [6.07, 6.45) is 3.47. The molecule has 0 aromatic carbocycles. The van der Waals surface area contributed by atoms with Crippen LogP contribution in [0.4, 0.5) is 0 Å². The van der Waals surface area contributed by atoms with Gasteiger partial charge in [0, 0.05) is 24.1 Å². The second-order valence-corrected chi connectivity index (χ2v) is 6.62. The van der Waals surface area contributed by atoms with Crippen LogP contribution >= 0.6 is 12.2 Å². The summed E-state index contributed by atoms with van der Waals surface area (Å²) in [4.78, 5) is 12.3. The third-order valence-corrected chi connectivity index (χ3v) is 3.93. The molecule has 2 rings (SSSR count). The number of hydrogen-bond acceptors (Lipinski definition) is 4. The second kappa shape index (κ2) is 7.59. The Morgan fingerprint density at radius 1 is 1.43 bits per heavy atom. The lowest BCUT2D eigenvalue weighted by Crippen LogP contribution is -2.27. The quantitative estimate of drug-likeness (QED) is 0.566. The van der Waals surface area contributed by atoms with E-state index in [-0.39, 0.29) is 11.0 Å². The van der Waals surface area contributed by atoms with Crippen LogP contribution in [-0.2, 0) is 6.42 Å². The normalized spacial score (nSPS) is 15.6. The molecule has 0 aliphatic heterocycles. The Morgan fingerprint density at radius 2 is 2.17 bits per heavy atom. The monoisotopic (exact) mass is 336 g/mol. The predicted octanol–water partition coefficient (Wildman–Crippen LogP) is 2.24. The molecule has 126 valence electrons. The minimum Gasteiger partial charge on any atom is -0.455 e. The van der Waals surface area contributed by atoms with E-state index in [1.165, 1.54) is 0 Å². The molecule has 7 heteroatoms.